The lowest BCUT2D eigenvalue weighted by molar-refractivity contribution is 0.211. The molecule has 0 radical (unpaired) electrons. The third-order valence-corrected chi connectivity index (χ3v) is 4.52. The van der Waals surface area contributed by atoms with Crippen molar-refractivity contribution in [2.45, 2.75) is 40.1 Å². The van der Waals surface area contributed by atoms with Gasteiger partial charge in [0.1, 0.15) is 11.6 Å². The molecule has 0 unspecified atom stereocenters. The molecule has 0 aliphatic carbocycles. The lowest BCUT2D eigenvalue weighted by atomic mass is 9.81. The molecule has 2 rings (SSSR count). The topological polar surface area (TPSA) is 27.1 Å². The Labute approximate surface area is 125 Å². The summed E-state index contributed by atoms with van der Waals surface area (Å²) in [6.45, 7) is 9.96. The number of rotatable bonds is 5. The number of aromatic nitrogens is 2. The number of benzene rings is 1. The van der Waals surface area contributed by atoms with Crippen LogP contribution in [0, 0.1) is 11.3 Å². The van der Waals surface area contributed by atoms with Gasteiger partial charge in [0.25, 0.3) is 0 Å². The third-order valence-electron chi connectivity index (χ3n) is 4.28. The molecular formula is C16H23ClN2O. The SMILES string of the molecule is COc1ccc2nc(CCl)n(CC(C)(C)C(C)C)c2c1. The van der Waals surface area contributed by atoms with E-state index in [4.69, 9.17) is 16.3 Å². The molecule has 3 nitrogen and oxygen atoms in total. The smallest absolute Gasteiger partial charge is 0.124 e. The monoisotopic (exact) mass is 294 g/mol. The highest BCUT2D eigenvalue weighted by atomic mass is 35.5. The largest absolute Gasteiger partial charge is 0.497 e. The minimum absolute atomic E-state index is 0.178. The molecule has 1 aromatic heterocycles. The Morgan fingerprint density at radius 1 is 1.35 bits per heavy atom. The van der Waals surface area contributed by atoms with Crippen LogP contribution in [-0.2, 0) is 12.4 Å². The van der Waals surface area contributed by atoms with Gasteiger partial charge in [0.15, 0.2) is 0 Å². The molecule has 1 heterocycles. The van der Waals surface area contributed by atoms with Crippen LogP contribution in [0.25, 0.3) is 11.0 Å². The number of alkyl halides is 1. The Morgan fingerprint density at radius 3 is 2.60 bits per heavy atom. The van der Waals surface area contributed by atoms with Gasteiger partial charge >= 0.3 is 0 Å². The second-order valence-electron chi connectivity index (χ2n) is 6.25. The molecule has 0 bridgehead atoms. The van der Waals surface area contributed by atoms with Gasteiger partial charge in [-0.2, -0.15) is 0 Å². The second kappa shape index (κ2) is 5.65. The second-order valence-corrected chi connectivity index (χ2v) is 6.51. The summed E-state index contributed by atoms with van der Waals surface area (Å²) in [6, 6.07) is 5.96. The van der Waals surface area contributed by atoms with Crippen LogP contribution in [0.2, 0.25) is 0 Å². The van der Waals surface area contributed by atoms with Crippen LogP contribution in [0.4, 0.5) is 0 Å². The summed E-state index contributed by atoms with van der Waals surface area (Å²) >= 11 is 6.07. The predicted molar refractivity (Wildman–Crippen MR) is 84.5 cm³/mol. The van der Waals surface area contributed by atoms with Crippen molar-refractivity contribution in [2.24, 2.45) is 11.3 Å². The summed E-state index contributed by atoms with van der Waals surface area (Å²) in [4.78, 5) is 4.63. The summed E-state index contributed by atoms with van der Waals surface area (Å²) in [6.07, 6.45) is 0. The molecular weight excluding hydrogens is 272 g/mol. The highest BCUT2D eigenvalue weighted by molar-refractivity contribution is 6.16. The number of fused-ring (bicyclic) bond motifs is 1. The fourth-order valence-corrected chi connectivity index (χ4v) is 2.35. The first kappa shape index (κ1) is 15.2. The fourth-order valence-electron chi connectivity index (χ4n) is 2.15. The van der Waals surface area contributed by atoms with Gasteiger partial charge in [-0.3, -0.25) is 0 Å². The van der Waals surface area contributed by atoms with Gasteiger partial charge in [-0.25, -0.2) is 4.98 Å². The molecule has 4 heteroatoms. The summed E-state index contributed by atoms with van der Waals surface area (Å²) in [5.41, 5.74) is 2.24. The first-order valence-electron chi connectivity index (χ1n) is 6.98. The Bertz CT molecular complexity index is 602. The summed E-state index contributed by atoms with van der Waals surface area (Å²) < 4.78 is 7.55. The number of imidazole rings is 1. The van der Waals surface area contributed by atoms with Crippen molar-refractivity contribution in [2.75, 3.05) is 7.11 Å². The molecule has 1 aromatic carbocycles. The van der Waals surface area contributed by atoms with Crippen LogP contribution >= 0.6 is 11.6 Å². The van der Waals surface area contributed by atoms with Gasteiger partial charge in [-0.15, -0.1) is 11.6 Å². The first-order valence-corrected chi connectivity index (χ1v) is 7.51. The molecule has 0 saturated heterocycles. The maximum atomic E-state index is 6.07. The lowest BCUT2D eigenvalue weighted by Crippen LogP contribution is -2.26. The average Bonchev–Trinajstić information content (AvgIpc) is 2.75. The van der Waals surface area contributed by atoms with Gasteiger partial charge in [0.05, 0.1) is 24.0 Å². The molecule has 0 amide bonds. The highest BCUT2D eigenvalue weighted by Gasteiger charge is 2.25. The van der Waals surface area contributed by atoms with E-state index in [0.29, 0.717) is 11.8 Å². The first-order chi connectivity index (χ1) is 9.39. The average molecular weight is 295 g/mol. The number of halogens is 1. The van der Waals surface area contributed by atoms with E-state index in [9.17, 15) is 0 Å². The number of hydrogen-bond acceptors (Lipinski definition) is 2. The van der Waals surface area contributed by atoms with Gasteiger partial charge in [0.2, 0.25) is 0 Å². The van der Waals surface area contributed by atoms with Crippen molar-refractivity contribution in [3.05, 3.63) is 24.0 Å². The molecule has 0 N–H and O–H groups in total. The Balaban J connectivity index is 2.54. The van der Waals surface area contributed by atoms with Gasteiger partial charge in [-0.1, -0.05) is 27.7 Å². The highest BCUT2D eigenvalue weighted by Crippen LogP contribution is 2.32. The molecule has 0 aliphatic heterocycles. The van der Waals surface area contributed by atoms with Crippen molar-refractivity contribution >= 4 is 22.6 Å². The van der Waals surface area contributed by atoms with E-state index < -0.39 is 0 Å². The van der Waals surface area contributed by atoms with Crippen LogP contribution in [0.1, 0.15) is 33.5 Å². The van der Waals surface area contributed by atoms with Crippen LogP contribution in [0.5, 0.6) is 5.75 Å². The predicted octanol–water partition coefficient (Wildman–Crippen LogP) is 4.47. The molecule has 20 heavy (non-hydrogen) atoms. The maximum Gasteiger partial charge on any atom is 0.124 e. The van der Waals surface area contributed by atoms with Gasteiger partial charge in [0, 0.05) is 12.6 Å². The van der Waals surface area contributed by atoms with E-state index >= 15 is 0 Å². The van der Waals surface area contributed by atoms with Crippen molar-refractivity contribution in [3.8, 4) is 5.75 Å². The lowest BCUT2D eigenvalue weighted by Gasteiger charge is -2.30. The Hall–Kier alpha value is -1.22. The van der Waals surface area contributed by atoms with Crippen LogP contribution in [0.3, 0.4) is 0 Å². The number of methoxy groups -OCH3 is 1. The molecule has 0 spiro atoms. The van der Waals surface area contributed by atoms with Crippen molar-refractivity contribution in [3.63, 3.8) is 0 Å². The van der Waals surface area contributed by atoms with Crippen LogP contribution in [-0.4, -0.2) is 16.7 Å². The van der Waals surface area contributed by atoms with Crippen molar-refractivity contribution < 1.29 is 4.74 Å². The van der Waals surface area contributed by atoms with E-state index in [1.807, 2.05) is 18.2 Å². The molecule has 0 fully saturated rings. The summed E-state index contributed by atoms with van der Waals surface area (Å²) in [5, 5.41) is 0. The number of ether oxygens (including phenoxy) is 1. The number of nitrogens with zero attached hydrogens (tertiary/aromatic N) is 2. The van der Waals surface area contributed by atoms with E-state index in [1.165, 1.54) is 0 Å². The van der Waals surface area contributed by atoms with Crippen LogP contribution < -0.4 is 4.74 Å². The standard InChI is InChI=1S/C16H23ClN2O/c1-11(2)16(3,4)10-19-14-8-12(20-5)6-7-13(14)18-15(19)9-17/h6-8,11H,9-10H2,1-5H3. The molecule has 110 valence electrons. The Morgan fingerprint density at radius 2 is 2.05 bits per heavy atom. The normalized spacial score (nSPS) is 12.3. The number of hydrogen-bond donors (Lipinski definition) is 0. The maximum absolute atomic E-state index is 6.07. The zero-order valence-electron chi connectivity index (χ0n) is 12.9. The van der Waals surface area contributed by atoms with Crippen LogP contribution in [0.15, 0.2) is 18.2 Å². The fraction of sp³-hybridized carbons (Fsp3) is 0.562. The van der Waals surface area contributed by atoms with Crippen molar-refractivity contribution in [1.29, 1.82) is 0 Å². The quantitative estimate of drug-likeness (QED) is 0.761. The summed E-state index contributed by atoms with van der Waals surface area (Å²) in [7, 11) is 1.68. The molecule has 0 saturated carbocycles. The molecule has 0 atom stereocenters. The van der Waals surface area contributed by atoms with Gasteiger partial charge < -0.3 is 9.30 Å². The molecule has 0 aliphatic rings. The third kappa shape index (κ3) is 2.78. The van der Waals surface area contributed by atoms with E-state index in [0.717, 1.165) is 29.2 Å². The van der Waals surface area contributed by atoms with E-state index in [-0.39, 0.29) is 5.41 Å². The van der Waals surface area contributed by atoms with E-state index in [1.54, 1.807) is 7.11 Å². The minimum atomic E-state index is 0.178. The van der Waals surface area contributed by atoms with Crippen molar-refractivity contribution in [1.82, 2.24) is 9.55 Å². The minimum Gasteiger partial charge on any atom is -0.497 e. The zero-order chi connectivity index (χ0) is 14.9. The van der Waals surface area contributed by atoms with Gasteiger partial charge in [-0.05, 0) is 23.5 Å². The Kier molecular flexibility index (Phi) is 4.28. The summed E-state index contributed by atoms with van der Waals surface area (Å²) in [5.74, 6) is 2.77. The van der Waals surface area contributed by atoms with E-state index in [2.05, 4.69) is 37.2 Å². The zero-order valence-corrected chi connectivity index (χ0v) is 13.7. The molecule has 2 aromatic rings.